The van der Waals surface area contributed by atoms with Crippen LogP contribution in [0.3, 0.4) is 0 Å². The van der Waals surface area contributed by atoms with Crippen LogP contribution < -0.4 is 5.73 Å². The third-order valence-electron chi connectivity index (χ3n) is 0.822. The second-order valence-corrected chi connectivity index (χ2v) is 1.37. The third kappa shape index (κ3) is 1.57. The molecule has 0 aromatic rings. The Morgan fingerprint density at radius 1 is 1.88 bits per heavy atom. The van der Waals surface area contributed by atoms with E-state index in [1.807, 2.05) is 12.8 Å². The van der Waals surface area contributed by atoms with Gasteiger partial charge < -0.3 is 10.8 Å². The SMILES string of the molecule is C#C/C(O)=C(\N)CC. The van der Waals surface area contributed by atoms with Crippen LogP contribution in [0.2, 0.25) is 0 Å². The molecule has 3 N–H and O–H groups in total. The van der Waals surface area contributed by atoms with Gasteiger partial charge in [-0.25, -0.2) is 0 Å². The molecule has 0 aliphatic rings. The molecule has 8 heavy (non-hydrogen) atoms. The van der Waals surface area contributed by atoms with Crippen molar-refractivity contribution in [2.45, 2.75) is 13.3 Å². The van der Waals surface area contributed by atoms with Gasteiger partial charge in [-0.1, -0.05) is 6.92 Å². The first-order chi connectivity index (χ1) is 3.72. The quantitative estimate of drug-likeness (QED) is 0.387. The summed E-state index contributed by atoms with van der Waals surface area (Å²) in [5, 5.41) is 8.64. The summed E-state index contributed by atoms with van der Waals surface area (Å²) in [4.78, 5) is 0. The van der Waals surface area contributed by atoms with Crippen molar-refractivity contribution < 1.29 is 5.11 Å². The highest BCUT2D eigenvalue weighted by molar-refractivity contribution is 5.21. The van der Waals surface area contributed by atoms with E-state index >= 15 is 0 Å². The van der Waals surface area contributed by atoms with Gasteiger partial charge in [0.15, 0.2) is 5.76 Å². The van der Waals surface area contributed by atoms with Gasteiger partial charge in [-0.3, -0.25) is 0 Å². The molecule has 0 rings (SSSR count). The number of terminal acetylenes is 1. The van der Waals surface area contributed by atoms with Gasteiger partial charge in [0.2, 0.25) is 0 Å². The topological polar surface area (TPSA) is 46.2 Å². The van der Waals surface area contributed by atoms with E-state index in [9.17, 15) is 0 Å². The lowest BCUT2D eigenvalue weighted by Gasteiger charge is -1.92. The van der Waals surface area contributed by atoms with Crippen molar-refractivity contribution in [3.8, 4) is 12.3 Å². The summed E-state index contributed by atoms with van der Waals surface area (Å²) < 4.78 is 0. The Morgan fingerprint density at radius 3 is 2.50 bits per heavy atom. The summed E-state index contributed by atoms with van der Waals surface area (Å²) in [6, 6.07) is 0. The van der Waals surface area contributed by atoms with Crippen LogP contribution in [0.15, 0.2) is 11.5 Å². The van der Waals surface area contributed by atoms with Gasteiger partial charge in [0.1, 0.15) is 0 Å². The number of nitrogens with two attached hydrogens (primary N) is 1. The number of hydrogen-bond donors (Lipinski definition) is 2. The summed E-state index contributed by atoms with van der Waals surface area (Å²) in [7, 11) is 0. The predicted octanol–water partition coefficient (Wildman–Crippen LogP) is 0.758. The molecule has 0 saturated heterocycles. The summed E-state index contributed by atoms with van der Waals surface area (Å²) >= 11 is 0. The van der Waals surface area contributed by atoms with Gasteiger partial charge in [0.25, 0.3) is 0 Å². The van der Waals surface area contributed by atoms with Gasteiger partial charge in [-0.05, 0) is 12.3 Å². The summed E-state index contributed by atoms with van der Waals surface area (Å²) in [6.07, 6.45) is 5.40. The summed E-state index contributed by atoms with van der Waals surface area (Å²) in [6.45, 7) is 1.82. The van der Waals surface area contributed by atoms with Gasteiger partial charge in [-0.2, -0.15) is 0 Å². The molecule has 0 aromatic heterocycles. The maximum Gasteiger partial charge on any atom is 0.186 e. The zero-order valence-electron chi connectivity index (χ0n) is 4.81. The highest BCUT2D eigenvalue weighted by Gasteiger charge is 1.90. The molecule has 0 aromatic carbocycles. The van der Waals surface area contributed by atoms with Gasteiger partial charge in [0, 0.05) is 0 Å². The van der Waals surface area contributed by atoms with E-state index in [2.05, 4.69) is 0 Å². The zero-order valence-corrected chi connectivity index (χ0v) is 4.81. The first-order valence-corrected chi connectivity index (χ1v) is 2.36. The molecule has 2 nitrogen and oxygen atoms in total. The lowest BCUT2D eigenvalue weighted by molar-refractivity contribution is 0.428. The fraction of sp³-hybridized carbons (Fsp3) is 0.333. The second-order valence-electron chi connectivity index (χ2n) is 1.37. The Kier molecular flexibility index (Phi) is 2.57. The average molecular weight is 111 g/mol. The average Bonchev–Trinajstić information content (AvgIpc) is 1.84. The van der Waals surface area contributed by atoms with Crippen LogP contribution in [-0.4, -0.2) is 5.11 Å². The van der Waals surface area contributed by atoms with E-state index in [1.165, 1.54) is 0 Å². The molecule has 0 spiro atoms. The van der Waals surface area contributed by atoms with E-state index < -0.39 is 0 Å². The van der Waals surface area contributed by atoms with Crippen LogP contribution >= 0.6 is 0 Å². The number of aliphatic hydroxyl groups is 1. The van der Waals surface area contributed by atoms with Gasteiger partial charge in [0.05, 0.1) is 5.70 Å². The van der Waals surface area contributed by atoms with E-state index in [-0.39, 0.29) is 5.76 Å². The Labute approximate surface area is 49.0 Å². The molecule has 0 heterocycles. The summed E-state index contributed by atoms with van der Waals surface area (Å²) in [5.41, 5.74) is 5.58. The Bertz CT molecular complexity index is 141. The monoisotopic (exact) mass is 111 g/mol. The highest BCUT2D eigenvalue weighted by atomic mass is 16.3. The predicted molar refractivity (Wildman–Crippen MR) is 33.0 cm³/mol. The molecule has 0 unspecified atom stereocenters. The van der Waals surface area contributed by atoms with Crippen LogP contribution in [0, 0.1) is 12.3 Å². The number of aliphatic hydroxyl groups excluding tert-OH is 1. The van der Waals surface area contributed by atoms with Crippen molar-refractivity contribution in [1.82, 2.24) is 0 Å². The van der Waals surface area contributed by atoms with Crippen LogP contribution in [0.4, 0.5) is 0 Å². The van der Waals surface area contributed by atoms with E-state index in [0.717, 1.165) is 0 Å². The molecule has 0 aliphatic heterocycles. The maximum absolute atomic E-state index is 8.64. The van der Waals surface area contributed by atoms with Crippen molar-refractivity contribution in [2.24, 2.45) is 5.73 Å². The number of allylic oxidation sites excluding steroid dienone is 2. The van der Waals surface area contributed by atoms with Crippen molar-refractivity contribution >= 4 is 0 Å². The summed E-state index contributed by atoms with van der Waals surface area (Å²) in [5.74, 6) is 1.88. The van der Waals surface area contributed by atoms with Gasteiger partial charge in [-0.15, -0.1) is 6.42 Å². The van der Waals surface area contributed by atoms with E-state index in [0.29, 0.717) is 12.1 Å². The first-order valence-electron chi connectivity index (χ1n) is 2.36. The molecule has 0 fully saturated rings. The minimum Gasteiger partial charge on any atom is -0.499 e. The van der Waals surface area contributed by atoms with Crippen LogP contribution in [0.5, 0.6) is 0 Å². The minimum absolute atomic E-state index is 0.146. The molecule has 0 bridgehead atoms. The molecule has 0 atom stereocenters. The van der Waals surface area contributed by atoms with Crippen molar-refractivity contribution in [3.63, 3.8) is 0 Å². The van der Waals surface area contributed by atoms with Crippen LogP contribution in [0.1, 0.15) is 13.3 Å². The van der Waals surface area contributed by atoms with Crippen molar-refractivity contribution in [1.29, 1.82) is 0 Å². The molecule has 0 amide bonds. The zero-order chi connectivity index (χ0) is 6.57. The Hall–Kier alpha value is -1.10. The fourth-order valence-corrected chi connectivity index (χ4v) is 0.260. The lowest BCUT2D eigenvalue weighted by atomic mass is 10.3. The molecule has 0 radical (unpaired) electrons. The Balaban J connectivity index is 4.10. The molecule has 0 saturated carbocycles. The smallest absolute Gasteiger partial charge is 0.186 e. The normalized spacial score (nSPS) is 12.0. The van der Waals surface area contributed by atoms with Crippen molar-refractivity contribution in [3.05, 3.63) is 11.5 Å². The van der Waals surface area contributed by atoms with Gasteiger partial charge >= 0.3 is 0 Å². The standard InChI is InChI=1S/C6H9NO/c1-3-5(7)6(8)4-2/h2,8H,3,7H2,1H3/b6-5+. The minimum atomic E-state index is -0.146. The van der Waals surface area contributed by atoms with Crippen LogP contribution in [0.25, 0.3) is 0 Å². The molecular weight excluding hydrogens is 102 g/mol. The maximum atomic E-state index is 8.64. The largest absolute Gasteiger partial charge is 0.499 e. The first kappa shape index (κ1) is 6.90. The molecule has 0 aliphatic carbocycles. The molecule has 44 valence electrons. The number of hydrogen-bond acceptors (Lipinski definition) is 2. The van der Waals surface area contributed by atoms with Crippen LogP contribution in [-0.2, 0) is 0 Å². The Morgan fingerprint density at radius 2 is 2.38 bits per heavy atom. The van der Waals surface area contributed by atoms with E-state index in [1.54, 1.807) is 0 Å². The third-order valence-corrected chi connectivity index (χ3v) is 0.822. The lowest BCUT2D eigenvalue weighted by Crippen LogP contribution is -1.98. The van der Waals surface area contributed by atoms with Crippen molar-refractivity contribution in [2.75, 3.05) is 0 Å². The fourth-order valence-electron chi connectivity index (χ4n) is 0.260. The number of rotatable bonds is 1. The van der Waals surface area contributed by atoms with E-state index in [4.69, 9.17) is 17.3 Å². The molecule has 2 heteroatoms. The molecular formula is C6H9NO. The second kappa shape index (κ2) is 2.98. The highest BCUT2D eigenvalue weighted by Crippen LogP contribution is 1.95.